The summed E-state index contributed by atoms with van der Waals surface area (Å²) in [4.78, 5) is 0. The fourth-order valence-electron chi connectivity index (χ4n) is 1.97. The maximum absolute atomic E-state index is 9.35. The minimum atomic E-state index is 0.463. The van der Waals surface area contributed by atoms with Crippen LogP contribution in [0.5, 0.6) is 11.5 Å². The van der Waals surface area contributed by atoms with Crippen molar-refractivity contribution in [3.63, 3.8) is 0 Å². The summed E-state index contributed by atoms with van der Waals surface area (Å²) in [5.41, 5.74) is 3.14. The van der Waals surface area contributed by atoms with Crippen molar-refractivity contribution in [2.45, 2.75) is 6.92 Å². The molecular weight excluding hydrogens is 254 g/mol. The van der Waals surface area contributed by atoms with Crippen molar-refractivity contribution in [3.8, 4) is 11.5 Å². The first kappa shape index (κ1) is 13.9. The van der Waals surface area contributed by atoms with Crippen LogP contribution in [0.2, 0.25) is 0 Å². The second kappa shape index (κ2) is 6.10. The average Bonchev–Trinajstić information content (AvgIpc) is 2.50. The van der Waals surface area contributed by atoms with Gasteiger partial charge in [0, 0.05) is 17.2 Å². The lowest BCUT2D eigenvalue weighted by atomic mass is 10.0. The van der Waals surface area contributed by atoms with Crippen LogP contribution in [-0.4, -0.2) is 25.1 Å². The number of benzene rings is 2. The minimum absolute atomic E-state index is 0.463. The van der Waals surface area contributed by atoms with E-state index in [9.17, 15) is 5.21 Å². The Kier molecular flexibility index (Phi) is 4.25. The monoisotopic (exact) mass is 271 g/mol. The molecule has 0 spiro atoms. The fraction of sp³-hybridized carbons (Fsp3) is 0.188. The van der Waals surface area contributed by atoms with Crippen LogP contribution in [0.3, 0.4) is 0 Å². The standard InChI is InChI=1S/C16H17NO3/c1-11-4-6-12(7-5-11)16(17-18)14-9-8-13(19-2)10-15(14)20-3/h4-10,18H,1-3H3. The molecule has 0 fully saturated rings. The van der Waals surface area contributed by atoms with Gasteiger partial charge < -0.3 is 14.7 Å². The molecule has 0 aliphatic heterocycles. The second-order valence-electron chi connectivity index (χ2n) is 4.38. The molecule has 0 saturated heterocycles. The van der Waals surface area contributed by atoms with E-state index >= 15 is 0 Å². The number of hydrogen-bond acceptors (Lipinski definition) is 4. The normalized spacial score (nSPS) is 11.2. The summed E-state index contributed by atoms with van der Waals surface area (Å²) in [5, 5.41) is 12.8. The first-order valence-electron chi connectivity index (χ1n) is 6.21. The molecule has 1 N–H and O–H groups in total. The number of oxime groups is 1. The molecule has 2 aromatic carbocycles. The second-order valence-corrected chi connectivity index (χ2v) is 4.38. The molecule has 0 saturated carbocycles. The molecule has 20 heavy (non-hydrogen) atoms. The maximum Gasteiger partial charge on any atom is 0.132 e. The van der Waals surface area contributed by atoms with E-state index in [0.29, 0.717) is 22.8 Å². The highest BCUT2D eigenvalue weighted by atomic mass is 16.5. The van der Waals surface area contributed by atoms with Crippen molar-refractivity contribution in [1.82, 2.24) is 0 Å². The van der Waals surface area contributed by atoms with Crippen LogP contribution in [0.15, 0.2) is 47.6 Å². The van der Waals surface area contributed by atoms with E-state index in [1.807, 2.05) is 37.3 Å². The number of methoxy groups -OCH3 is 2. The van der Waals surface area contributed by atoms with E-state index in [0.717, 1.165) is 11.1 Å². The van der Waals surface area contributed by atoms with Gasteiger partial charge in [-0.3, -0.25) is 0 Å². The maximum atomic E-state index is 9.35. The summed E-state index contributed by atoms with van der Waals surface area (Å²) >= 11 is 0. The molecule has 0 unspecified atom stereocenters. The van der Waals surface area contributed by atoms with Gasteiger partial charge in [0.2, 0.25) is 0 Å². The Bertz CT molecular complexity index is 618. The van der Waals surface area contributed by atoms with Crippen molar-refractivity contribution < 1.29 is 14.7 Å². The average molecular weight is 271 g/mol. The number of hydrogen-bond donors (Lipinski definition) is 1. The topological polar surface area (TPSA) is 51.0 Å². The van der Waals surface area contributed by atoms with Crippen LogP contribution in [0.4, 0.5) is 0 Å². The number of ether oxygens (including phenoxy) is 2. The van der Waals surface area contributed by atoms with Gasteiger partial charge in [-0.15, -0.1) is 0 Å². The summed E-state index contributed by atoms with van der Waals surface area (Å²) in [6.07, 6.45) is 0. The minimum Gasteiger partial charge on any atom is -0.497 e. The molecule has 0 bridgehead atoms. The van der Waals surface area contributed by atoms with Crippen LogP contribution in [-0.2, 0) is 0 Å². The molecule has 2 aromatic rings. The fourth-order valence-corrected chi connectivity index (χ4v) is 1.97. The molecule has 0 radical (unpaired) electrons. The molecule has 0 atom stereocenters. The Hall–Kier alpha value is -2.49. The molecule has 4 heteroatoms. The van der Waals surface area contributed by atoms with Gasteiger partial charge in [-0.05, 0) is 19.1 Å². The third-order valence-electron chi connectivity index (χ3n) is 3.09. The summed E-state index contributed by atoms with van der Waals surface area (Å²) < 4.78 is 10.5. The van der Waals surface area contributed by atoms with Gasteiger partial charge in [-0.25, -0.2) is 0 Å². The van der Waals surface area contributed by atoms with Crippen LogP contribution in [0, 0.1) is 6.92 Å². The largest absolute Gasteiger partial charge is 0.497 e. The van der Waals surface area contributed by atoms with E-state index in [1.165, 1.54) is 0 Å². The molecule has 0 aliphatic carbocycles. The lowest BCUT2D eigenvalue weighted by Crippen LogP contribution is -2.06. The van der Waals surface area contributed by atoms with Crippen LogP contribution in [0.25, 0.3) is 0 Å². The van der Waals surface area contributed by atoms with E-state index < -0.39 is 0 Å². The molecule has 104 valence electrons. The zero-order valence-electron chi connectivity index (χ0n) is 11.8. The third kappa shape index (κ3) is 2.74. The Morgan fingerprint density at radius 1 is 1.00 bits per heavy atom. The Morgan fingerprint density at radius 2 is 1.70 bits per heavy atom. The number of nitrogens with zero attached hydrogens (tertiary/aromatic N) is 1. The van der Waals surface area contributed by atoms with Gasteiger partial charge in [0.1, 0.15) is 17.2 Å². The summed E-state index contributed by atoms with van der Waals surface area (Å²) in [5.74, 6) is 1.28. The van der Waals surface area contributed by atoms with E-state index in [4.69, 9.17) is 9.47 Å². The van der Waals surface area contributed by atoms with Crippen molar-refractivity contribution in [3.05, 3.63) is 59.2 Å². The molecule has 0 aliphatic rings. The Labute approximate surface area is 118 Å². The Balaban J connectivity index is 2.49. The smallest absolute Gasteiger partial charge is 0.132 e. The van der Waals surface area contributed by atoms with Gasteiger partial charge in [0.05, 0.1) is 14.2 Å². The first-order chi connectivity index (χ1) is 9.69. The molecule has 0 heterocycles. The molecule has 0 amide bonds. The van der Waals surface area contributed by atoms with Gasteiger partial charge in [0.15, 0.2) is 0 Å². The lowest BCUT2D eigenvalue weighted by Gasteiger charge is -2.12. The van der Waals surface area contributed by atoms with Gasteiger partial charge in [0.25, 0.3) is 0 Å². The highest BCUT2D eigenvalue weighted by Gasteiger charge is 2.14. The summed E-state index contributed by atoms with van der Waals surface area (Å²) in [6.45, 7) is 2.01. The first-order valence-corrected chi connectivity index (χ1v) is 6.21. The lowest BCUT2D eigenvalue weighted by molar-refractivity contribution is 0.319. The predicted octanol–water partition coefficient (Wildman–Crippen LogP) is 3.24. The highest BCUT2D eigenvalue weighted by Crippen LogP contribution is 2.27. The van der Waals surface area contributed by atoms with E-state index in [-0.39, 0.29) is 0 Å². The van der Waals surface area contributed by atoms with Crippen LogP contribution < -0.4 is 9.47 Å². The molecule has 2 rings (SSSR count). The van der Waals surface area contributed by atoms with Crippen LogP contribution in [0.1, 0.15) is 16.7 Å². The van der Waals surface area contributed by atoms with Crippen molar-refractivity contribution in [2.75, 3.05) is 14.2 Å². The zero-order valence-corrected chi connectivity index (χ0v) is 11.8. The van der Waals surface area contributed by atoms with Gasteiger partial charge in [-0.2, -0.15) is 0 Å². The van der Waals surface area contributed by atoms with E-state index in [2.05, 4.69) is 5.16 Å². The Morgan fingerprint density at radius 3 is 2.25 bits per heavy atom. The highest BCUT2D eigenvalue weighted by molar-refractivity contribution is 6.14. The SMILES string of the molecule is COc1ccc(C(=NO)c2ccc(C)cc2)c(OC)c1. The van der Waals surface area contributed by atoms with Crippen LogP contribution >= 0.6 is 0 Å². The van der Waals surface area contributed by atoms with Crippen molar-refractivity contribution in [2.24, 2.45) is 5.16 Å². The molecule has 4 nitrogen and oxygen atoms in total. The van der Waals surface area contributed by atoms with Gasteiger partial charge >= 0.3 is 0 Å². The summed E-state index contributed by atoms with van der Waals surface area (Å²) in [7, 11) is 3.16. The van der Waals surface area contributed by atoms with Gasteiger partial charge in [-0.1, -0.05) is 35.0 Å². The predicted molar refractivity (Wildman–Crippen MR) is 78.2 cm³/mol. The molecule has 0 aromatic heterocycles. The third-order valence-corrected chi connectivity index (χ3v) is 3.09. The van der Waals surface area contributed by atoms with Crippen molar-refractivity contribution in [1.29, 1.82) is 0 Å². The van der Waals surface area contributed by atoms with Crippen molar-refractivity contribution >= 4 is 5.71 Å². The number of aryl methyl sites for hydroxylation is 1. The number of rotatable bonds is 4. The summed E-state index contributed by atoms with van der Waals surface area (Å²) in [6, 6.07) is 13.1. The molecular formula is C16H17NO3. The zero-order chi connectivity index (χ0) is 14.5. The quantitative estimate of drug-likeness (QED) is 0.527. The van der Waals surface area contributed by atoms with E-state index in [1.54, 1.807) is 26.4 Å².